The van der Waals surface area contributed by atoms with Crippen molar-refractivity contribution in [1.29, 1.82) is 0 Å². The van der Waals surface area contributed by atoms with E-state index in [2.05, 4.69) is 4.90 Å². The van der Waals surface area contributed by atoms with Crippen LogP contribution in [0.15, 0.2) is 0 Å². The van der Waals surface area contributed by atoms with Crippen molar-refractivity contribution in [2.45, 2.75) is 19.2 Å². The molecule has 0 aromatic rings. The van der Waals surface area contributed by atoms with E-state index in [1.54, 1.807) is 14.0 Å². The lowest BCUT2D eigenvalue weighted by Crippen LogP contribution is -2.56. The minimum absolute atomic E-state index is 0.00514. The summed E-state index contributed by atoms with van der Waals surface area (Å²) in [7, 11) is 3.63. The first kappa shape index (κ1) is 11.4. The first-order valence-electron chi connectivity index (χ1n) is 4.76. The number of carbonyl (C=O) groups is 1. The van der Waals surface area contributed by atoms with Crippen LogP contribution in [0.25, 0.3) is 0 Å². The zero-order valence-electron chi connectivity index (χ0n) is 8.93. The summed E-state index contributed by atoms with van der Waals surface area (Å²) in [5.41, 5.74) is 0. The van der Waals surface area contributed by atoms with Gasteiger partial charge in [-0.1, -0.05) is 0 Å². The van der Waals surface area contributed by atoms with Crippen LogP contribution in [0.4, 0.5) is 0 Å². The van der Waals surface area contributed by atoms with Crippen LogP contribution in [0.2, 0.25) is 0 Å². The Morgan fingerprint density at radius 2 is 2.21 bits per heavy atom. The van der Waals surface area contributed by atoms with Crippen molar-refractivity contribution in [2.75, 3.05) is 33.8 Å². The maximum absolute atomic E-state index is 10.8. The van der Waals surface area contributed by atoms with E-state index in [0.29, 0.717) is 6.54 Å². The van der Waals surface area contributed by atoms with Gasteiger partial charge < -0.3 is 9.84 Å². The maximum atomic E-state index is 10.8. The number of hydrogen-bond donors (Lipinski definition) is 1. The first-order valence-corrected chi connectivity index (χ1v) is 4.76. The summed E-state index contributed by atoms with van der Waals surface area (Å²) in [5.74, 6) is -0.774. The molecule has 1 N–H and O–H groups in total. The lowest BCUT2D eigenvalue weighted by atomic mass is 10.2. The molecule has 1 saturated heterocycles. The second kappa shape index (κ2) is 4.72. The van der Waals surface area contributed by atoms with E-state index in [-0.39, 0.29) is 6.23 Å². The lowest BCUT2D eigenvalue weighted by Gasteiger charge is -2.39. The van der Waals surface area contributed by atoms with Gasteiger partial charge in [-0.2, -0.15) is 0 Å². The molecule has 0 bridgehead atoms. The molecule has 0 aromatic heterocycles. The first-order chi connectivity index (χ1) is 6.56. The smallest absolute Gasteiger partial charge is 0.320 e. The number of carboxylic acids is 1. The van der Waals surface area contributed by atoms with Gasteiger partial charge in [-0.15, -0.1) is 0 Å². The Kier molecular flexibility index (Phi) is 3.86. The number of ether oxygens (including phenoxy) is 1. The molecule has 5 heteroatoms. The molecule has 1 aliphatic heterocycles. The quantitative estimate of drug-likeness (QED) is 0.679. The average molecular weight is 202 g/mol. The molecule has 5 nitrogen and oxygen atoms in total. The third-order valence-electron chi connectivity index (χ3n) is 2.80. The van der Waals surface area contributed by atoms with E-state index in [4.69, 9.17) is 9.84 Å². The topological polar surface area (TPSA) is 53.0 Å². The van der Waals surface area contributed by atoms with Gasteiger partial charge >= 0.3 is 5.97 Å². The Hall–Kier alpha value is -0.650. The summed E-state index contributed by atoms with van der Waals surface area (Å²) in [4.78, 5) is 14.8. The van der Waals surface area contributed by atoms with Crippen LogP contribution < -0.4 is 0 Å². The number of hydrogen-bond acceptors (Lipinski definition) is 4. The molecule has 14 heavy (non-hydrogen) atoms. The Morgan fingerprint density at radius 1 is 1.57 bits per heavy atom. The molecule has 1 aliphatic rings. The lowest BCUT2D eigenvalue weighted by molar-refractivity contribution is -0.146. The number of carboxylic acid groups (broad SMARTS) is 1. The van der Waals surface area contributed by atoms with E-state index in [9.17, 15) is 4.79 Å². The van der Waals surface area contributed by atoms with Crippen LogP contribution in [0.1, 0.15) is 6.92 Å². The fourth-order valence-corrected chi connectivity index (χ4v) is 1.62. The number of methoxy groups -OCH3 is 1. The Balaban J connectivity index is 2.54. The highest BCUT2D eigenvalue weighted by atomic mass is 16.5. The minimum Gasteiger partial charge on any atom is -0.480 e. The summed E-state index contributed by atoms with van der Waals surface area (Å²) in [6.45, 7) is 3.99. The zero-order chi connectivity index (χ0) is 10.7. The highest BCUT2D eigenvalue weighted by Crippen LogP contribution is 2.11. The molecule has 0 aromatic carbocycles. The van der Waals surface area contributed by atoms with Crippen molar-refractivity contribution in [3.05, 3.63) is 0 Å². The molecule has 0 radical (unpaired) electrons. The van der Waals surface area contributed by atoms with Crippen LogP contribution >= 0.6 is 0 Å². The Morgan fingerprint density at radius 3 is 2.71 bits per heavy atom. The molecule has 1 rings (SSSR count). The van der Waals surface area contributed by atoms with Gasteiger partial charge in [0, 0.05) is 26.7 Å². The van der Waals surface area contributed by atoms with Crippen molar-refractivity contribution in [1.82, 2.24) is 9.80 Å². The average Bonchev–Trinajstić information content (AvgIpc) is 2.17. The maximum Gasteiger partial charge on any atom is 0.320 e. The molecule has 1 unspecified atom stereocenters. The van der Waals surface area contributed by atoms with Crippen molar-refractivity contribution in [2.24, 2.45) is 0 Å². The Labute approximate surface area is 84.2 Å². The summed E-state index contributed by atoms with van der Waals surface area (Å²) < 4.78 is 5.25. The number of likely N-dealkylation sites (N-methyl/N-ethyl adjacent to an activating group) is 1. The summed E-state index contributed by atoms with van der Waals surface area (Å²) in [5, 5.41) is 8.86. The highest BCUT2D eigenvalue weighted by Gasteiger charge is 2.29. The molecule has 0 amide bonds. The predicted molar refractivity (Wildman–Crippen MR) is 52.1 cm³/mol. The van der Waals surface area contributed by atoms with Gasteiger partial charge in [-0.05, 0) is 14.0 Å². The molecule has 1 heterocycles. The second-order valence-corrected chi connectivity index (χ2v) is 3.68. The van der Waals surface area contributed by atoms with E-state index in [1.807, 2.05) is 11.9 Å². The van der Waals surface area contributed by atoms with Crippen LogP contribution in [0.5, 0.6) is 0 Å². The second-order valence-electron chi connectivity index (χ2n) is 3.68. The van der Waals surface area contributed by atoms with E-state index in [1.165, 1.54) is 0 Å². The number of aliphatic carboxylic acids is 1. The summed E-state index contributed by atoms with van der Waals surface area (Å²) >= 11 is 0. The third kappa shape index (κ3) is 2.43. The van der Waals surface area contributed by atoms with E-state index in [0.717, 1.165) is 13.1 Å². The molecule has 0 spiro atoms. The molecule has 0 aliphatic carbocycles. The number of nitrogens with zero attached hydrogens (tertiary/aromatic N) is 2. The van der Waals surface area contributed by atoms with Gasteiger partial charge in [-0.3, -0.25) is 14.6 Å². The van der Waals surface area contributed by atoms with Gasteiger partial charge in [0.2, 0.25) is 0 Å². The fraction of sp³-hybridized carbons (Fsp3) is 0.889. The van der Waals surface area contributed by atoms with Crippen molar-refractivity contribution < 1.29 is 14.6 Å². The van der Waals surface area contributed by atoms with Gasteiger partial charge in [-0.25, -0.2) is 0 Å². The van der Waals surface area contributed by atoms with Crippen LogP contribution in [-0.4, -0.2) is 66.9 Å². The number of rotatable bonds is 3. The monoisotopic (exact) mass is 202 g/mol. The fourth-order valence-electron chi connectivity index (χ4n) is 1.62. The summed E-state index contributed by atoms with van der Waals surface area (Å²) in [6, 6.07) is -0.429. The largest absolute Gasteiger partial charge is 0.480 e. The molecular formula is C9H18N2O3. The summed E-state index contributed by atoms with van der Waals surface area (Å²) in [6.07, 6.45) is 0.00514. The minimum atomic E-state index is -0.774. The molecule has 2 atom stereocenters. The predicted octanol–water partition coefficient (Wildman–Crippen LogP) is -0.321. The SMILES string of the molecule is CO[C@H]1CN(C(C)C(=O)O)CCN1C. The normalized spacial score (nSPS) is 27.5. The molecule has 1 fully saturated rings. The van der Waals surface area contributed by atoms with Crippen LogP contribution in [0.3, 0.4) is 0 Å². The molecule has 0 saturated carbocycles. The van der Waals surface area contributed by atoms with Crippen LogP contribution in [-0.2, 0) is 9.53 Å². The van der Waals surface area contributed by atoms with Gasteiger partial charge in [0.05, 0.1) is 0 Å². The van der Waals surface area contributed by atoms with Crippen molar-refractivity contribution >= 4 is 5.97 Å². The number of piperazine rings is 1. The van der Waals surface area contributed by atoms with Gasteiger partial charge in [0.25, 0.3) is 0 Å². The van der Waals surface area contributed by atoms with Gasteiger partial charge in [0.15, 0.2) is 0 Å². The van der Waals surface area contributed by atoms with E-state index >= 15 is 0 Å². The Bertz CT molecular complexity index is 210. The zero-order valence-corrected chi connectivity index (χ0v) is 8.93. The van der Waals surface area contributed by atoms with E-state index < -0.39 is 12.0 Å². The highest BCUT2D eigenvalue weighted by molar-refractivity contribution is 5.72. The third-order valence-corrected chi connectivity index (χ3v) is 2.80. The van der Waals surface area contributed by atoms with Crippen LogP contribution in [0, 0.1) is 0 Å². The molecule has 82 valence electrons. The van der Waals surface area contributed by atoms with Crippen molar-refractivity contribution in [3.63, 3.8) is 0 Å². The standard InChI is InChI=1S/C9H18N2O3/c1-7(9(12)13)11-5-4-10(2)8(6-11)14-3/h7-8H,4-6H2,1-3H3,(H,12,13)/t7?,8-/m0/s1. The van der Waals surface area contributed by atoms with Crippen molar-refractivity contribution in [3.8, 4) is 0 Å². The molecular weight excluding hydrogens is 184 g/mol. The van der Waals surface area contributed by atoms with Gasteiger partial charge in [0.1, 0.15) is 12.3 Å².